The largest absolute Gasteiger partial charge is 0.481 e. The van der Waals surface area contributed by atoms with Crippen LogP contribution in [0.3, 0.4) is 0 Å². The molecule has 0 aliphatic carbocycles. The molecule has 0 radical (unpaired) electrons. The highest BCUT2D eigenvalue weighted by Crippen LogP contribution is 2.24. The molecule has 3 rings (SSSR count). The van der Waals surface area contributed by atoms with E-state index in [2.05, 4.69) is 5.32 Å². The Hall–Kier alpha value is -3.50. The normalized spacial score (nSPS) is 15.3. The van der Waals surface area contributed by atoms with Gasteiger partial charge in [0.1, 0.15) is 23.9 Å². The first kappa shape index (κ1) is 25.8. The highest BCUT2D eigenvalue weighted by molar-refractivity contribution is 5.94. The van der Waals surface area contributed by atoms with Crippen molar-refractivity contribution in [3.8, 4) is 11.5 Å². The first-order valence-corrected chi connectivity index (χ1v) is 10.3. The van der Waals surface area contributed by atoms with Crippen LogP contribution in [0.5, 0.6) is 11.5 Å². The van der Waals surface area contributed by atoms with Gasteiger partial charge in [-0.15, -0.1) is 0 Å². The average molecular weight is 461 g/mol. The van der Waals surface area contributed by atoms with Gasteiger partial charge in [-0.3, -0.25) is 14.4 Å². The van der Waals surface area contributed by atoms with Crippen LogP contribution in [-0.2, 0) is 20.7 Å². The smallest absolute Gasteiger partial charge is 0.300 e. The number of rotatable bonds is 7. The third-order valence-corrected chi connectivity index (χ3v) is 4.61. The van der Waals surface area contributed by atoms with Crippen molar-refractivity contribution in [3.05, 3.63) is 59.4 Å². The lowest BCUT2D eigenvalue weighted by Crippen LogP contribution is -2.48. The van der Waals surface area contributed by atoms with Crippen LogP contribution in [0.1, 0.15) is 22.8 Å². The number of halogens is 1. The van der Waals surface area contributed by atoms with E-state index in [0.29, 0.717) is 24.6 Å². The standard InChI is InChI=1S/C21H24FN3O4.C2H4O2/c1-25-12-17(28-13-20(25)26)11-24-21(27)18-10-16(6-7-19(18)22)29-15-4-2-14(3-5-15)8-9-23;1-2(3)4/h2-7,10,17H,8-9,11-13,23H2,1H3,(H,24,27);1H3,(H,3,4). The SMILES string of the molecule is CC(=O)O.CN1CC(CNC(=O)c2cc(Oc3ccc(CCN)cc3)ccc2F)OCC1=O. The summed E-state index contributed by atoms with van der Waals surface area (Å²) < 4.78 is 25.3. The summed E-state index contributed by atoms with van der Waals surface area (Å²) >= 11 is 0. The zero-order chi connectivity index (χ0) is 24.4. The number of benzene rings is 2. The molecular formula is C23H28FN3O6. The average Bonchev–Trinajstić information content (AvgIpc) is 2.77. The van der Waals surface area contributed by atoms with Crippen LogP contribution in [0.15, 0.2) is 42.5 Å². The molecule has 2 aromatic rings. The molecule has 1 saturated heterocycles. The highest BCUT2D eigenvalue weighted by atomic mass is 19.1. The fourth-order valence-corrected chi connectivity index (χ4v) is 2.95. The van der Waals surface area contributed by atoms with E-state index in [-0.39, 0.29) is 30.7 Å². The first-order valence-electron chi connectivity index (χ1n) is 10.3. The Morgan fingerprint density at radius 1 is 1.24 bits per heavy atom. The number of amides is 2. The Morgan fingerprint density at radius 3 is 2.48 bits per heavy atom. The quantitative estimate of drug-likeness (QED) is 0.573. The zero-order valence-electron chi connectivity index (χ0n) is 18.5. The van der Waals surface area contributed by atoms with Gasteiger partial charge in [0.15, 0.2) is 0 Å². The van der Waals surface area contributed by atoms with E-state index >= 15 is 0 Å². The fourth-order valence-electron chi connectivity index (χ4n) is 2.95. The fraction of sp³-hybridized carbons (Fsp3) is 0.348. The lowest BCUT2D eigenvalue weighted by Gasteiger charge is -2.29. The van der Waals surface area contributed by atoms with Crippen molar-refractivity contribution in [2.24, 2.45) is 5.73 Å². The predicted octanol–water partition coefficient (Wildman–Crippen LogP) is 1.80. The van der Waals surface area contributed by atoms with Crippen molar-refractivity contribution in [2.75, 3.05) is 33.3 Å². The third kappa shape index (κ3) is 8.51. The number of morpholine rings is 1. The van der Waals surface area contributed by atoms with Crippen molar-refractivity contribution in [3.63, 3.8) is 0 Å². The summed E-state index contributed by atoms with van der Waals surface area (Å²) in [5.74, 6) is -1.24. The molecule has 10 heteroatoms. The lowest BCUT2D eigenvalue weighted by molar-refractivity contribution is -0.146. The van der Waals surface area contributed by atoms with Gasteiger partial charge in [-0.2, -0.15) is 0 Å². The molecule has 2 amide bonds. The van der Waals surface area contributed by atoms with Crippen molar-refractivity contribution in [2.45, 2.75) is 19.4 Å². The van der Waals surface area contributed by atoms with Crippen molar-refractivity contribution >= 4 is 17.8 Å². The molecule has 1 aliphatic heterocycles. The van der Waals surface area contributed by atoms with Gasteiger partial charge in [-0.25, -0.2) is 4.39 Å². The maximum Gasteiger partial charge on any atom is 0.300 e. The molecule has 0 aromatic heterocycles. The van der Waals surface area contributed by atoms with E-state index in [4.69, 9.17) is 25.1 Å². The van der Waals surface area contributed by atoms with E-state index in [0.717, 1.165) is 18.9 Å². The van der Waals surface area contributed by atoms with Gasteiger partial charge in [0.25, 0.3) is 11.9 Å². The number of carbonyl (C=O) groups excluding carboxylic acids is 2. The second-order valence-electron chi connectivity index (χ2n) is 7.36. The minimum atomic E-state index is -0.833. The minimum absolute atomic E-state index is 0.0290. The van der Waals surface area contributed by atoms with Crippen LogP contribution in [0.4, 0.5) is 4.39 Å². The number of likely N-dealkylation sites (N-methyl/N-ethyl adjacent to an activating group) is 1. The molecule has 0 bridgehead atoms. The highest BCUT2D eigenvalue weighted by Gasteiger charge is 2.24. The number of carboxylic acids is 1. The summed E-state index contributed by atoms with van der Waals surface area (Å²) in [6, 6.07) is 11.4. The summed E-state index contributed by atoms with van der Waals surface area (Å²) in [5, 5.41) is 10.1. The number of nitrogens with two attached hydrogens (primary N) is 1. The summed E-state index contributed by atoms with van der Waals surface area (Å²) in [7, 11) is 1.67. The Balaban J connectivity index is 0.000000890. The summed E-state index contributed by atoms with van der Waals surface area (Å²) in [6.45, 7) is 2.16. The number of carbonyl (C=O) groups is 3. The number of carboxylic acid groups (broad SMARTS) is 1. The molecule has 33 heavy (non-hydrogen) atoms. The monoisotopic (exact) mass is 461 g/mol. The third-order valence-electron chi connectivity index (χ3n) is 4.61. The van der Waals surface area contributed by atoms with E-state index in [1.54, 1.807) is 19.2 Å². The van der Waals surface area contributed by atoms with E-state index in [9.17, 15) is 14.0 Å². The van der Waals surface area contributed by atoms with Crippen LogP contribution >= 0.6 is 0 Å². The summed E-state index contributed by atoms with van der Waals surface area (Å²) in [6.07, 6.45) is 0.437. The lowest BCUT2D eigenvalue weighted by atomic mass is 10.1. The summed E-state index contributed by atoms with van der Waals surface area (Å²) in [5.41, 5.74) is 6.51. The molecule has 2 aromatic carbocycles. The van der Waals surface area contributed by atoms with Gasteiger partial charge in [-0.1, -0.05) is 12.1 Å². The topological polar surface area (TPSA) is 131 Å². The van der Waals surface area contributed by atoms with Crippen LogP contribution in [0, 0.1) is 5.82 Å². The molecule has 1 atom stereocenters. The van der Waals surface area contributed by atoms with E-state index in [1.807, 2.05) is 12.1 Å². The molecule has 178 valence electrons. The van der Waals surface area contributed by atoms with Crippen LogP contribution in [0.2, 0.25) is 0 Å². The Morgan fingerprint density at radius 2 is 1.88 bits per heavy atom. The van der Waals surface area contributed by atoms with Gasteiger partial charge in [0.05, 0.1) is 11.7 Å². The molecule has 9 nitrogen and oxygen atoms in total. The maximum atomic E-state index is 14.2. The Kier molecular flexibility index (Phi) is 9.77. The van der Waals surface area contributed by atoms with Crippen molar-refractivity contribution in [1.29, 1.82) is 0 Å². The van der Waals surface area contributed by atoms with Crippen molar-refractivity contribution < 1.29 is 33.4 Å². The van der Waals surface area contributed by atoms with Gasteiger partial charge in [0.2, 0.25) is 5.91 Å². The number of nitrogens with one attached hydrogen (secondary N) is 1. The zero-order valence-corrected chi connectivity index (χ0v) is 18.5. The number of hydrogen-bond acceptors (Lipinski definition) is 6. The van der Waals surface area contributed by atoms with Crippen LogP contribution in [-0.4, -0.2) is 67.2 Å². The maximum absolute atomic E-state index is 14.2. The Labute approximate surface area is 191 Å². The van der Waals surface area contributed by atoms with Gasteiger partial charge in [-0.05, 0) is 48.9 Å². The van der Waals surface area contributed by atoms with Crippen LogP contribution < -0.4 is 15.8 Å². The second-order valence-corrected chi connectivity index (χ2v) is 7.36. The van der Waals surface area contributed by atoms with Gasteiger partial charge in [0, 0.05) is 27.1 Å². The first-order chi connectivity index (χ1) is 15.7. The number of aliphatic carboxylic acids is 1. The van der Waals surface area contributed by atoms with E-state index < -0.39 is 17.7 Å². The summed E-state index contributed by atoms with van der Waals surface area (Å²) in [4.78, 5) is 34.4. The molecule has 1 unspecified atom stereocenters. The molecule has 1 aliphatic rings. The molecular weight excluding hydrogens is 433 g/mol. The van der Waals surface area contributed by atoms with Gasteiger partial charge >= 0.3 is 0 Å². The Bertz CT molecular complexity index is 963. The molecule has 0 spiro atoms. The minimum Gasteiger partial charge on any atom is -0.481 e. The molecule has 0 saturated carbocycles. The second kappa shape index (κ2) is 12.5. The molecule has 4 N–H and O–H groups in total. The van der Waals surface area contributed by atoms with Gasteiger partial charge < -0.3 is 30.5 Å². The van der Waals surface area contributed by atoms with E-state index in [1.165, 1.54) is 23.1 Å². The van der Waals surface area contributed by atoms with Crippen LogP contribution in [0.25, 0.3) is 0 Å². The van der Waals surface area contributed by atoms with Crippen molar-refractivity contribution in [1.82, 2.24) is 10.2 Å². The molecule has 1 heterocycles. The number of ether oxygens (including phenoxy) is 2. The number of hydrogen-bond donors (Lipinski definition) is 3. The predicted molar refractivity (Wildman–Crippen MR) is 119 cm³/mol. The molecule has 1 fully saturated rings. The number of nitrogens with zero attached hydrogens (tertiary/aromatic N) is 1.